The summed E-state index contributed by atoms with van der Waals surface area (Å²) in [6.07, 6.45) is 4.11. The maximum absolute atomic E-state index is 14.9. The van der Waals surface area contributed by atoms with E-state index in [0.29, 0.717) is 72.9 Å². The Balaban J connectivity index is 0.902. The van der Waals surface area contributed by atoms with Gasteiger partial charge in [0.1, 0.15) is 6.61 Å². The van der Waals surface area contributed by atoms with Crippen LogP contribution in [0.3, 0.4) is 0 Å². The van der Waals surface area contributed by atoms with Crippen molar-refractivity contribution in [3.8, 4) is 5.69 Å². The van der Waals surface area contributed by atoms with Gasteiger partial charge in [-0.25, -0.2) is 19.1 Å². The molecule has 1 aliphatic heterocycles. The van der Waals surface area contributed by atoms with Crippen LogP contribution in [-0.2, 0) is 67.2 Å². The predicted molar refractivity (Wildman–Crippen MR) is 403 cm³/mol. The molecule has 0 radical (unpaired) electrons. The summed E-state index contributed by atoms with van der Waals surface area (Å²) < 4.78 is 25.6. The highest BCUT2D eigenvalue weighted by Crippen LogP contribution is 2.53. The molecule has 106 heavy (non-hydrogen) atoms. The summed E-state index contributed by atoms with van der Waals surface area (Å²) in [6, 6.07) is 18.9. The minimum absolute atomic E-state index is 0.0684. The number of ether oxygens (including phenoxy) is 4. The summed E-state index contributed by atoms with van der Waals surface area (Å²) in [5.74, 6) is -4.51. The van der Waals surface area contributed by atoms with Crippen molar-refractivity contribution in [3.05, 3.63) is 113 Å². The van der Waals surface area contributed by atoms with Crippen LogP contribution in [0.2, 0.25) is 0 Å². The van der Waals surface area contributed by atoms with Crippen LogP contribution in [-0.4, -0.2) is 179 Å². The molecule has 0 bridgehead atoms. The Morgan fingerprint density at radius 2 is 1.40 bits per heavy atom. The topological polar surface area (TPSA) is 330 Å². The second-order valence-corrected chi connectivity index (χ2v) is 30.5. The van der Waals surface area contributed by atoms with E-state index < -0.39 is 90.4 Å². The maximum Gasteiger partial charge on any atom is 0.410 e. The maximum atomic E-state index is 14.9. The zero-order chi connectivity index (χ0) is 77.8. The van der Waals surface area contributed by atoms with Crippen molar-refractivity contribution in [1.82, 2.24) is 40.4 Å². The average molecular weight is 1470 g/mol. The molecular weight excluding hydrogens is 1350 g/mol. The number of ketones is 3. The Morgan fingerprint density at radius 3 is 2.00 bits per heavy atom. The number of benzene rings is 3. The minimum atomic E-state index is -0.970. The van der Waals surface area contributed by atoms with E-state index in [-0.39, 0.29) is 110 Å². The van der Waals surface area contributed by atoms with Gasteiger partial charge in [0.15, 0.2) is 17.3 Å². The molecule has 2 aliphatic carbocycles. The Bertz CT molecular complexity index is 3570. The van der Waals surface area contributed by atoms with Gasteiger partial charge in [-0.1, -0.05) is 118 Å². The standard InChI is InChI=1S/C81H118N10O15/c1-16-50(9)73(69(103-14)43-70(95)90-40-22-26-65(90)75(104-15)51(10)76(97)84-52(11)74(96)55-23-19-18-20-24-55)88(12)78(99)62(47(3)4)42-68(94)72(49(7)8)89(13)81(102)106-45-53-27-32-58(33-28-53)85-77(98)56(25-21-39-83-79(82)100)41-67(93)71(48(5)6)86-80(101)105-46-63-60-36-31-57-44-91(87-64(57)38-37-61(60)63)59-34-29-54(30-35-59)66(92)17-2/h18-20,23-24,27-30,32-35,44,47-52,56,60-63,65,69,71-75,96H,16-17,21-22,25-26,31,36-43,45-46H2,1-15H3,(H,84,97)(H,85,98)(H,86,101)(H3,82,83,100)/t50-,51+,52+,56-,60?,61?,62-,63?,65-,69+,71-,72-,73-,74+,75+/m0/s1. The molecule has 25 nitrogen and oxygen atoms in total. The number of rotatable bonds is 39. The minimum Gasteiger partial charge on any atom is -0.449 e. The SMILES string of the molecule is CCC(=O)c1ccc(-n2cc3c(n2)CCC2C(CC3)C2COC(=O)N[C@H](C(=O)C[C@H](CCCNC(N)=O)C(=O)Nc2ccc(COC(=O)N(C)[C@H](C(=O)C[C@H](C(=O)N(C)[C@@H]([C@@H](C)CC)[C@@H](CC(=O)N3CCC[C@H]3[C@H](OC)[C@@H](C)C(=O)N[C@H](C)[C@@H](O)c3ccccc3)OC)C(C)C)C(C)C)cc2)C(C)C)cc1. The first-order valence-electron chi connectivity index (χ1n) is 38.1. The molecule has 3 aromatic carbocycles. The number of aryl methyl sites for hydroxylation is 2. The number of hydrogen-bond acceptors (Lipinski definition) is 16. The van der Waals surface area contributed by atoms with Crippen molar-refractivity contribution in [3.63, 3.8) is 0 Å². The summed E-state index contributed by atoms with van der Waals surface area (Å²) in [5.41, 5.74) is 10.8. The van der Waals surface area contributed by atoms with Crippen LogP contribution in [0.15, 0.2) is 85.1 Å². The Labute approximate surface area is 626 Å². The number of likely N-dealkylation sites (tertiary alicyclic amines) is 1. The first-order chi connectivity index (χ1) is 50.4. The fourth-order valence-electron chi connectivity index (χ4n) is 15.7. The van der Waals surface area contributed by atoms with Gasteiger partial charge in [-0.15, -0.1) is 0 Å². The number of aliphatic hydroxyl groups is 1. The number of urea groups is 1. The molecule has 7 rings (SSSR count). The highest BCUT2D eigenvalue weighted by atomic mass is 16.6. The number of Topliss-reactive ketones (excluding diaryl/α,β-unsaturated/α-hetero) is 3. The fourth-order valence-corrected chi connectivity index (χ4v) is 15.7. The summed E-state index contributed by atoms with van der Waals surface area (Å²) in [4.78, 5) is 142. The van der Waals surface area contributed by atoms with Gasteiger partial charge in [0.2, 0.25) is 23.6 Å². The Morgan fingerprint density at radius 1 is 0.726 bits per heavy atom. The number of aromatic nitrogens is 2. The van der Waals surface area contributed by atoms with E-state index in [1.807, 2.05) is 95.6 Å². The number of methoxy groups -OCH3 is 2. The molecule has 3 unspecified atom stereocenters. The quantitative estimate of drug-likeness (QED) is 0.0179. The summed E-state index contributed by atoms with van der Waals surface area (Å²) in [5, 5.41) is 27.1. The number of hydrogen-bond donors (Lipinski definition) is 6. The summed E-state index contributed by atoms with van der Waals surface area (Å²) in [6.45, 7) is 20.9. The zero-order valence-corrected chi connectivity index (χ0v) is 65.0. The molecule has 582 valence electrons. The Hall–Kier alpha value is -8.55. The lowest BCUT2D eigenvalue weighted by atomic mass is 9.83. The van der Waals surface area contributed by atoms with Gasteiger partial charge in [0.25, 0.3) is 0 Å². The number of primary amides is 1. The van der Waals surface area contributed by atoms with Crippen LogP contribution in [0.1, 0.15) is 186 Å². The molecule has 7 N–H and O–H groups in total. The van der Waals surface area contributed by atoms with Crippen molar-refractivity contribution < 1.29 is 72.0 Å². The third-order valence-corrected chi connectivity index (χ3v) is 22.2. The van der Waals surface area contributed by atoms with Crippen molar-refractivity contribution in [2.75, 3.05) is 53.3 Å². The second-order valence-electron chi connectivity index (χ2n) is 30.5. The number of amides is 8. The van der Waals surface area contributed by atoms with Crippen LogP contribution < -0.4 is 27.0 Å². The third-order valence-electron chi connectivity index (χ3n) is 22.2. The average Bonchev–Trinajstić information content (AvgIpc) is 1.60. The summed E-state index contributed by atoms with van der Waals surface area (Å²) >= 11 is 0. The van der Waals surface area contributed by atoms with Crippen molar-refractivity contribution in [1.29, 1.82) is 0 Å². The number of aliphatic hydroxyl groups excluding tert-OH is 1. The van der Waals surface area contributed by atoms with Gasteiger partial charge >= 0.3 is 18.2 Å². The fraction of sp³-hybridized carbons (Fsp3) is 0.617. The van der Waals surface area contributed by atoms with Crippen LogP contribution in [0.5, 0.6) is 0 Å². The van der Waals surface area contributed by atoms with E-state index in [9.17, 15) is 53.1 Å². The molecule has 1 saturated carbocycles. The number of carbonyl (C=O) groups excluding carboxylic acids is 10. The number of alkyl carbamates (subject to hydrolysis) is 1. The zero-order valence-electron chi connectivity index (χ0n) is 65.0. The van der Waals surface area contributed by atoms with E-state index in [1.54, 1.807) is 80.9 Å². The van der Waals surface area contributed by atoms with Gasteiger partial charge in [-0.3, -0.25) is 33.6 Å². The van der Waals surface area contributed by atoms with Crippen molar-refractivity contribution >= 4 is 64.9 Å². The molecule has 2 heterocycles. The summed E-state index contributed by atoms with van der Waals surface area (Å²) in [7, 11) is 6.22. The van der Waals surface area contributed by atoms with Crippen LogP contribution in [0.4, 0.5) is 20.1 Å². The number of likely N-dealkylation sites (N-methyl/N-ethyl adjacent to an activating group) is 2. The number of nitrogens with two attached hydrogens (primary N) is 1. The smallest absolute Gasteiger partial charge is 0.410 e. The van der Waals surface area contributed by atoms with Gasteiger partial charge in [0, 0.05) is 90.0 Å². The van der Waals surface area contributed by atoms with Gasteiger partial charge in [-0.05, 0) is 153 Å². The van der Waals surface area contributed by atoms with E-state index in [2.05, 4.69) is 27.5 Å². The molecule has 1 saturated heterocycles. The monoisotopic (exact) mass is 1470 g/mol. The normalized spacial score (nSPS) is 19.4. The molecule has 1 aromatic heterocycles. The largest absolute Gasteiger partial charge is 0.449 e. The molecule has 0 spiro atoms. The molecule has 25 heteroatoms. The van der Waals surface area contributed by atoms with E-state index in [0.717, 1.165) is 37.1 Å². The molecule has 2 fully saturated rings. The van der Waals surface area contributed by atoms with E-state index in [1.165, 1.54) is 31.7 Å². The van der Waals surface area contributed by atoms with Crippen molar-refractivity contribution in [2.24, 2.45) is 64.9 Å². The van der Waals surface area contributed by atoms with E-state index in [4.69, 9.17) is 29.8 Å². The van der Waals surface area contributed by atoms with Crippen molar-refractivity contribution in [2.45, 2.75) is 215 Å². The number of anilines is 1. The van der Waals surface area contributed by atoms with Crippen LogP contribution in [0, 0.1) is 59.2 Å². The molecule has 4 aromatic rings. The molecule has 3 aliphatic rings. The number of nitrogens with one attached hydrogen (secondary N) is 4. The van der Waals surface area contributed by atoms with Gasteiger partial charge in [-0.2, -0.15) is 5.10 Å². The lowest BCUT2D eigenvalue weighted by molar-refractivity contribution is -0.149. The highest BCUT2D eigenvalue weighted by Gasteiger charge is 2.51. The first-order valence-corrected chi connectivity index (χ1v) is 38.1. The number of carbonyl (C=O) groups is 10. The number of fused-ring (bicyclic) bond motifs is 2. The second kappa shape index (κ2) is 39.9. The van der Waals surface area contributed by atoms with E-state index >= 15 is 0 Å². The molecule has 15 atom stereocenters. The highest BCUT2D eigenvalue weighted by molar-refractivity contribution is 5.98. The Kier molecular flexibility index (Phi) is 31.9. The number of nitrogens with zero attached hydrogens (tertiary/aromatic N) is 5. The lowest BCUT2D eigenvalue weighted by Crippen LogP contribution is -2.55. The first kappa shape index (κ1) is 84.7. The van der Waals surface area contributed by atoms with Crippen LogP contribution >= 0.6 is 0 Å². The molecular formula is C81H118N10O15. The lowest BCUT2D eigenvalue weighted by Gasteiger charge is -2.41. The van der Waals surface area contributed by atoms with Crippen LogP contribution in [0.25, 0.3) is 5.69 Å². The van der Waals surface area contributed by atoms with Gasteiger partial charge in [0.05, 0.1) is 78.8 Å². The molecule has 8 amide bonds. The predicted octanol–water partition coefficient (Wildman–Crippen LogP) is 10.6. The third kappa shape index (κ3) is 22.5. The van der Waals surface area contributed by atoms with Gasteiger partial charge < -0.3 is 65.8 Å².